The lowest BCUT2D eigenvalue weighted by Gasteiger charge is -2.28. The SMILES string of the molecule is CCCNC(=O)CCc1ccc(N2CCCCC2)cc1. The zero-order valence-electron chi connectivity index (χ0n) is 12.5. The van der Waals surface area contributed by atoms with Gasteiger partial charge in [-0.05, 0) is 49.8 Å². The van der Waals surface area contributed by atoms with E-state index in [-0.39, 0.29) is 5.91 Å². The van der Waals surface area contributed by atoms with Crippen LogP contribution >= 0.6 is 0 Å². The first-order valence-electron chi connectivity index (χ1n) is 7.90. The molecule has 0 aromatic heterocycles. The third-order valence-electron chi connectivity index (χ3n) is 3.87. The summed E-state index contributed by atoms with van der Waals surface area (Å²) in [5.74, 6) is 0.159. The maximum absolute atomic E-state index is 11.6. The molecule has 1 aromatic rings. The van der Waals surface area contributed by atoms with E-state index in [1.807, 2.05) is 0 Å². The second kappa shape index (κ2) is 7.93. The molecule has 110 valence electrons. The van der Waals surface area contributed by atoms with Crippen molar-refractivity contribution in [3.63, 3.8) is 0 Å². The fourth-order valence-electron chi connectivity index (χ4n) is 2.64. The van der Waals surface area contributed by atoms with E-state index in [2.05, 4.69) is 41.4 Å². The van der Waals surface area contributed by atoms with Crippen LogP contribution in [0, 0.1) is 0 Å². The molecular formula is C17H26N2O. The number of piperidine rings is 1. The second-order valence-corrected chi connectivity index (χ2v) is 5.56. The van der Waals surface area contributed by atoms with Gasteiger partial charge in [0.25, 0.3) is 0 Å². The predicted molar refractivity (Wildman–Crippen MR) is 84.1 cm³/mol. The summed E-state index contributed by atoms with van der Waals surface area (Å²) in [5, 5.41) is 2.92. The molecule has 0 saturated carbocycles. The number of carbonyl (C=O) groups excluding carboxylic acids is 1. The molecule has 1 saturated heterocycles. The first-order chi connectivity index (χ1) is 9.79. The maximum Gasteiger partial charge on any atom is 0.220 e. The van der Waals surface area contributed by atoms with Gasteiger partial charge < -0.3 is 10.2 Å². The van der Waals surface area contributed by atoms with Gasteiger partial charge in [0, 0.05) is 31.7 Å². The molecule has 0 radical (unpaired) electrons. The van der Waals surface area contributed by atoms with E-state index in [0.717, 1.165) is 19.4 Å². The highest BCUT2D eigenvalue weighted by Crippen LogP contribution is 2.20. The Kier molecular flexibility index (Phi) is 5.90. The Morgan fingerprint density at radius 2 is 1.85 bits per heavy atom. The fourth-order valence-corrected chi connectivity index (χ4v) is 2.64. The number of benzene rings is 1. The van der Waals surface area contributed by atoms with Crippen LogP contribution < -0.4 is 10.2 Å². The molecule has 1 amide bonds. The van der Waals surface area contributed by atoms with Crippen molar-refractivity contribution in [1.82, 2.24) is 5.32 Å². The topological polar surface area (TPSA) is 32.3 Å². The lowest BCUT2D eigenvalue weighted by Crippen LogP contribution is -2.29. The van der Waals surface area contributed by atoms with E-state index >= 15 is 0 Å². The number of anilines is 1. The quantitative estimate of drug-likeness (QED) is 0.864. The monoisotopic (exact) mass is 274 g/mol. The van der Waals surface area contributed by atoms with Crippen LogP contribution in [0.15, 0.2) is 24.3 Å². The van der Waals surface area contributed by atoms with Crippen LogP contribution in [-0.4, -0.2) is 25.5 Å². The van der Waals surface area contributed by atoms with Gasteiger partial charge in [-0.1, -0.05) is 19.1 Å². The Labute approximate surface area is 122 Å². The van der Waals surface area contributed by atoms with E-state index in [4.69, 9.17) is 0 Å². The van der Waals surface area contributed by atoms with Crippen molar-refractivity contribution in [2.45, 2.75) is 45.4 Å². The molecule has 3 nitrogen and oxygen atoms in total. The van der Waals surface area contributed by atoms with Gasteiger partial charge in [-0.15, -0.1) is 0 Å². The molecule has 0 atom stereocenters. The Bertz CT molecular complexity index is 408. The molecule has 1 N–H and O–H groups in total. The molecule has 2 rings (SSSR count). The predicted octanol–water partition coefficient (Wildman–Crippen LogP) is 3.14. The van der Waals surface area contributed by atoms with Crippen molar-refractivity contribution >= 4 is 11.6 Å². The first-order valence-corrected chi connectivity index (χ1v) is 7.90. The number of rotatable bonds is 6. The van der Waals surface area contributed by atoms with Gasteiger partial charge in [-0.3, -0.25) is 4.79 Å². The van der Waals surface area contributed by atoms with Gasteiger partial charge in [0.1, 0.15) is 0 Å². The van der Waals surface area contributed by atoms with Crippen LogP contribution in [0.25, 0.3) is 0 Å². The number of hydrogen-bond acceptors (Lipinski definition) is 2. The zero-order valence-corrected chi connectivity index (χ0v) is 12.5. The van der Waals surface area contributed by atoms with Crippen LogP contribution in [0.4, 0.5) is 5.69 Å². The molecule has 1 heterocycles. The van der Waals surface area contributed by atoms with Crippen molar-refractivity contribution in [1.29, 1.82) is 0 Å². The highest BCUT2D eigenvalue weighted by atomic mass is 16.1. The molecule has 0 unspecified atom stereocenters. The summed E-state index contributed by atoms with van der Waals surface area (Å²) in [7, 11) is 0. The Balaban J connectivity index is 1.80. The molecule has 1 aliphatic heterocycles. The van der Waals surface area contributed by atoms with E-state index in [1.54, 1.807) is 0 Å². The van der Waals surface area contributed by atoms with Gasteiger partial charge in [0.05, 0.1) is 0 Å². The lowest BCUT2D eigenvalue weighted by molar-refractivity contribution is -0.121. The summed E-state index contributed by atoms with van der Waals surface area (Å²) in [6.45, 7) is 5.21. The van der Waals surface area contributed by atoms with Gasteiger partial charge in [-0.25, -0.2) is 0 Å². The molecule has 3 heteroatoms. The number of nitrogens with one attached hydrogen (secondary N) is 1. The minimum absolute atomic E-state index is 0.159. The Morgan fingerprint density at radius 1 is 1.15 bits per heavy atom. The van der Waals surface area contributed by atoms with Gasteiger partial charge in [0.2, 0.25) is 5.91 Å². The second-order valence-electron chi connectivity index (χ2n) is 5.56. The summed E-state index contributed by atoms with van der Waals surface area (Å²) in [6.07, 6.45) is 6.38. The molecule has 0 bridgehead atoms. The van der Waals surface area contributed by atoms with Crippen molar-refractivity contribution < 1.29 is 4.79 Å². The molecule has 20 heavy (non-hydrogen) atoms. The van der Waals surface area contributed by atoms with Crippen molar-refractivity contribution in [2.24, 2.45) is 0 Å². The highest BCUT2D eigenvalue weighted by Gasteiger charge is 2.10. The molecule has 0 spiro atoms. The average molecular weight is 274 g/mol. The minimum Gasteiger partial charge on any atom is -0.372 e. The largest absolute Gasteiger partial charge is 0.372 e. The number of hydrogen-bond donors (Lipinski definition) is 1. The van der Waals surface area contributed by atoms with Crippen molar-refractivity contribution in [3.8, 4) is 0 Å². The van der Waals surface area contributed by atoms with Crippen molar-refractivity contribution in [2.75, 3.05) is 24.5 Å². The maximum atomic E-state index is 11.6. The average Bonchev–Trinajstić information content (AvgIpc) is 2.52. The van der Waals surface area contributed by atoms with Crippen LogP contribution in [0.2, 0.25) is 0 Å². The summed E-state index contributed by atoms with van der Waals surface area (Å²) < 4.78 is 0. The first kappa shape index (κ1) is 14.9. The fraction of sp³-hybridized carbons (Fsp3) is 0.588. The van der Waals surface area contributed by atoms with Crippen LogP contribution in [0.1, 0.15) is 44.6 Å². The van der Waals surface area contributed by atoms with E-state index in [9.17, 15) is 4.79 Å². The van der Waals surface area contributed by atoms with E-state index < -0.39 is 0 Å². The van der Waals surface area contributed by atoms with Gasteiger partial charge in [0.15, 0.2) is 0 Å². The minimum atomic E-state index is 0.159. The van der Waals surface area contributed by atoms with Crippen LogP contribution in [0.3, 0.4) is 0 Å². The summed E-state index contributed by atoms with van der Waals surface area (Å²) >= 11 is 0. The number of amides is 1. The van der Waals surface area contributed by atoms with Crippen molar-refractivity contribution in [3.05, 3.63) is 29.8 Å². The van der Waals surface area contributed by atoms with Gasteiger partial charge >= 0.3 is 0 Å². The number of carbonyl (C=O) groups is 1. The van der Waals surface area contributed by atoms with E-state index in [0.29, 0.717) is 6.42 Å². The molecule has 1 aromatic carbocycles. The molecular weight excluding hydrogens is 248 g/mol. The normalized spacial score (nSPS) is 15.2. The van der Waals surface area contributed by atoms with Crippen LogP contribution in [0.5, 0.6) is 0 Å². The lowest BCUT2D eigenvalue weighted by atomic mass is 10.1. The smallest absolute Gasteiger partial charge is 0.220 e. The standard InChI is InChI=1S/C17H26N2O/c1-2-12-18-17(20)11-8-15-6-9-16(10-7-15)19-13-4-3-5-14-19/h6-7,9-10H,2-5,8,11-14H2,1H3,(H,18,20). The number of nitrogens with zero attached hydrogens (tertiary/aromatic N) is 1. The van der Waals surface area contributed by atoms with Gasteiger partial charge in [-0.2, -0.15) is 0 Å². The summed E-state index contributed by atoms with van der Waals surface area (Å²) in [5.41, 5.74) is 2.57. The Morgan fingerprint density at radius 3 is 2.50 bits per heavy atom. The highest BCUT2D eigenvalue weighted by molar-refractivity contribution is 5.76. The van der Waals surface area contributed by atoms with E-state index in [1.165, 1.54) is 43.6 Å². The third kappa shape index (κ3) is 4.55. The Hall–Kier alpha value is -1.51. The molecule has 1 fully saturated rings. The zero-order chi connectivity index (χ0) is 14.2. The molecule has 1 aliphatic rings. The summed E-state index contributed by atoms with van der Waals surface area (Å²) in [4.78, 5) is 14.0. The number of aryl methyl sites for hydroxylation is 1. The third-order valence-corrected chi connectivity index (χ3v) is 3.87. The molecule has 0 aliphatic carbocycles. The summed E-state index contributed by atoms with van der Waals surface area (Å²) in [6, 6.07) is 8.73. The van der Waals surface area contributed by atoms with Crippen LogP contribution in [-0.2, 0) is 11.2 Å².